The number of likely N-dealkylation sites (N-methyl/N-ethyl adjacent to an activating group) is 1. The van der Waals surface area contributed by atoms with E-state index < -0.39 is 16.5 Å². The molecule has 1 unspecified atom stereocenters. The Labute approximate surface area is 139 Å². The first-order chi connectivity index (χ1) is 11.4. The second-order valence-electron chi connectivity index (χ2n) is 5.92. The average Bonchev–Trinajstić information content (AvgIpc) is 2.54. The number of nitrogens with zero attached hydrogens (tertiary/aromatic N) is 3. The van der Waals surface area contributed by atoms with E-state index in [2.05, 4.69) is 0 Å². The van der Waals surface area contributed by atoms with Gasteiger partial charge < -0.3 is 14.7 Å². The van der Waals surface area contributed by atoms with Crippen molar-refractivity contribution in [2.45, 2.75) is 38.9 Å². The van der Waals surface area contributed by atoms with Gasteiger partial charge in [0, 0.05) is 31.8 Å². The largest absolute Gasteiger partial charge is 0.392 e. The van der Waals surface area contributed by atoms with Crippen LogP contribution in [0, 0.1) is 27.2 Å². The predicted molar refractivity (Wildman–Crippen MR) is 87.3 cm³/mol. The van der Waals surface area contributed by atoms with E-state index in [1.54, 1.807) is 7.05 Å². The maximum atomic E-state index is 11.5. The molecule has 1 saturated heterocycles. The summed E-state index contributed by atoms with van der Waals surface area (Å²) in [6.07, 6.45) is 2.69. The standard InChI is InChI=1S/C15H21N3O6/c1-10-11(9-19)7-13(17(20)21)15(14(10)18(22)23)16(2)8-12-5-3-4-6-24-12/h7,12,19H,3-6,8-9H2,1-2H3. The maximum Gasteiger partial charge on any atom is 0.302 e. The van der Waals surface area contributed by atoms with Crippen molar-refractivity contribution in [3.63, 3.8) is 0 Å². The van der Waals surface area contributed by atoms with Crippen molar-refractivity contribution >= 4 is 17.1 Å². The summed E-state index contributed by atoms with van der Waals surface area (Å²) in [7, 11) is 1.59. The molecular weight excluding hydrogens is 318 g/mol. The summed E-state index contributed by atoms with van der Waals surface area (Å²) in [6.45, 7) is 1.95. The topological polar surface area (TPSA) is 119 Å². The Morgan fingerprint density at radius 3 is 2.54 bits per heavy atom. The van der Waals surface area contributed by atoms with E-state index in [9.17, 15) is 25.3 Å². The van der Waals surface area contributed by atoms with E-state index in [1.807, 2.05) is 0 Å². The summed E-state index contributed by atoms with van der Waals surface area (Å²) >= 11 is 0. The third-order valence-corrected chi connectivity index (χ3v) is 4.30. The van der Waals surface area contributed by atoms with Crippen molar-refractivity contribution in [3.8, 4) is 0 Å². The van der Waals surface area contributed by atoms with Crippen LogP contribution in [0.15, 0.2) is 6.07 Å². The molecule has 0 bridgehead atoms. The fourth-order valence-electron chi connectivity index (χ4n) is 3.04. The van der Waals surface area contributed by atoms with Crippen molar-refractivity contribution in [2.24, 2.45) is 0 Å². The molecule has 2 rings (SSSR count). The molecule has 1 N–H and O–H groups in total. The minimum atomic E-state index is -0.654. The van der Waals surface area contributed by atoms with Gasteiger partial charge in [-0.3, -0.25) is 20.2 Å². The van der Waals surface area contributed by atoms with Gasteiger partial charge in [-0.15, -0.1) is 0 Å². The minimum Gasteiger partial charge on any atom is -0.392 e. The first-order valence-corrected chi connectivity index (χ1v) is 7.75. The van der Waals surface area contributed by atoms with Crippen molar-refractivity contribution in [3.05, 3.63) is 37.4 Å². The second kappa shape index (κ2) is 7.54. The van der Waals surface area contributed by atoms with Crippen molar-refractivity contribution in [2.75, 3.05) is 25.1 Å². The molecule has 1 aromatic carbocycles. The summed E-state index contributed by atoms with van der Waals surface area (Å²) in [5.74, 6) is 0. The highest BCUT2D eigenvalue weighted by atomic mass is 16.6. The quantitative estimate of drug-likeness (QED) is 0.624. The number of rotatable bonds is 6. The molecule has 9 heteroatoms. The molecule has 0 spiro atoms. The lowest BCUT2D eigenvalue weighted by Gasteiger charge is -2.28. The summed E-state index contributed by atoms with van der Waals surface area (Å²) in [5.41, 5.74) is -0.353. The molecule has 1 fully saturated rings. The Morgan fingerprint density at radius 2 is 2.04 bits per heavy atom. The fourth-order valence-corrected chi connectivity index (χ4v) is 3.04. The number of aliphatic hydroxyl groups is 1. The summed E-state index contributed by atoms with van der Waals surface area (Å²) < 4.78 is 5.62. The minimum absolute atomic E-state index is 0.0473. The van der Waals surface area contributed by atoms with Gasteiger partial charge in [-0.25, -0.2) is 0 Å². The third-order valence-electron chi connectivity index (χ3n) is 4.30. The van der Waals surface area contributed by atoms with Gasteiger partial charge in [0.1, 0.15) is 0 Å². The zero-order valence-electron chi connectivity index (χ0n) is 13.7. The highest BCUT2D eigenvalue weighted by molar-refractivity contribution is 5.78. The smallest absolute Gasteiger partial charge is 0.302 e. The molecule has 1 atom stereocenters. The van der Waals surface area contributed by atoms with Gasteiger partial charge >= 0.3 is 5.69 Å². The second-order valence-corrected chi connectivity index (χ2v) is 5.92. The molecular formula is C15H21N3O6. The Morgan fingerprint density at radius 1 is 1.33 bits per heavy atom. The molecule has 1 aliphatic rings. The number of nitro groups is 2. The van der Waals surface area contributed by atoms with Gasteiger partial charge in [0.2, 0.25) is 0 Å². The fraction of sp³-hybridized carbons (Fsp3) is 0.600. The summed E-state index contributed by atoms with van der Waals surface area (Å²) in [4.78, 5) is 23.2. The third kappa shape index (κ3) is 3.62. The van der Waals surface area contributed by atoms with Gasteiger partial charge in [-0.05, 0) is 31.7 Å². The molecule has 0 radical (unpaired) electrons. The van der Waals surface area contributed by atoms with E-state index in [0.717, 1.165) is 19.3 Å². The first kappa shape index (κ1) is 18.1. The Balaban J connectivity index is 2.50. The highest BCUT2D eigenvalue weighted by Gasteiger charge is 2.33. The molecule has 0 aromatic heterocycles. The molecule has 0 aliphatic carbocycles. The molecule has 1 aromatic rings. The lowest BCUT2D eigenvalue weighted by atomic mass is 10.0. The van der Waals surface area contributed by atoms with Crippen LogP contribution in [-0.2, 0) is 11.3 Å². The van der Waals surface area contributed by atoms with Crippen LogP contribution < -0.4 is 4.90 Å². The first-order valence-electron chi connectivity index (χ1n) is 7.75. The molecule has 9 nitrogen and oxygen atoms in total. The predicted octanol–water partition coefficient (Wildman–Crippen LogP) is 2.31. The molecule has 0 saturated carbocycles. The van der Waals surface area contributed by atoms with Crippen LogP contribution in [0.4, 0.5) is 17.1 Å². The van der Waals surface area contributed by atoms with E-state index in [0.29, 0.717) is 13.2 Å². The highest BCUT2D eigenvalue weighted by Crippen LogP contribution is 2.41. The molecule has 1 aliphatic heterocycles. The zero-order chi connectivity index (χ0) is 17.9. The van der Waals surface area contributed by atoms with Gasteiger partial charge in [-0.1, -0.05) is 0 Å². The van der Waals surface area contributed by atoms with Crippen LogP contribution >= 0.6 is 0 Å². The Kier molecular flexibility index (Phi) is 5.68. The SMILES string of the molecule is Cc1c(CO)cc([N+](=O)[O-])c(N(C)CC2CCCCO2)c1[N+](=O)[O-]. The lowest BCUT2D eigenvalue weighted by Crippen LogP contribution is -2.34. The molecule has 132 valence electrons. The van der Waals surface area contributed by atoms with Crippen molar-refractivity contribution < 1.29 is 19.7 Å². The number of aliphatic hydroxyl groups excluding tert-OH is 1. The Bertz CT molecular complexity index is 643. The number of benzene rings is 1. The maximum absolute atomic E-state index is 11.5. The number of anilines is 1. The normalized spacial score (nSPS) is 17.5. The van der Waals surface area contributed by atoms with E-state index >= 15 is 0 Å². The van der Waals surface area contributed by atoms with E-state index in [1.165, 1.54) is 17.9 Å². The van der Waals surface area contributed by atoms with Crippen LogP contribution in [0.25, 0.3) is 0 Å². The number of nitro benzene ring substituents is 2. The van der Waals surface area contributed by atoms with Gasteiger partial charge in [0.15, 0.2) is 5.69 Å². The number of hydrogen-bond acceptors (Lipinski definition) is 7. The van der Waals surface area contributed by atoms with Crippen LogP contribution in [0.5, 0.6) is 0 Å². The van der Waals surface area contributed by atoms with Gasteiger partial charge in [-0.2, -0.15) is 0 Å². The summed E-state index contributed by atoms with van der Waals surface area (Å²) in [5, 5.41) is 32.3. The van der Waals surface area contributed by atoms with E-state index in [4.69, 9.17) is 4.74 Å². The van der Waals surface area contributed by atoms with Gasteiger partial charge in [0.05, 0.1) is 22.6 Å². The van der Waals surface area contributed by atoms with Crippen LogP contribution in [0.3, 0.4) is 0 Å². The number of ether oxygens (including phenoxy) is 1. The monoisotopic (exact) mass is 339 g/mol. The lowest BCUT2D eigenvalue weighted by molar-refractivity contribution is -0.393. The van der Waals surface area contributed by atoms with Gasteiger partial charge in [0.25, 0.3) is 5.69 Å². The average molecular weight is 339 g/mol. The zero-order valence-corrected chi connectivity index (χ0v) is 13.7. The molecule has 1 heterocycles. The Hall–Kier alpha value is -2.26. The van der Waals surface area contributed by atoms with Crippen molar-refractivity contribution in [1.82, 2.24) is 0 Å². The summed E-state index contributed by atoms with van der Waals surface area (Å²) in [6, 6.07) is 1.20. The van der Waals surface area contributed by atoms with Crippen molar-refractivity contribution in [1.29, 1.82) is 0 Å². The van der Waals surface area contributed by atoms with E-state index in [-0.39, 0.29) is 34.3 Å². The van der Waals surface area contributed by atoms with Crippen LogP contribution in [0.1, 0.15) is 30.4 Å². The van der Waals surface area contributed by atoms with Crippen LogP contribution in [0.2, 0.25) is 0 Å². The molecule has 24 heavy (non-hydrogen) atoms. The molecule has 0 amide bonds. The van der Waals surface area contributed by atoms with Crippen LogP contribution in [-0.4, -0.2) is 41.3 Å². The number of hydrogen-bond donors (Lipinski definition) is 1.